The van der Waals surface area contributed by atoms with Gasteiger partial charge in [0.2, 0.25) is 0 Å². The molecule has 3 heterocycles. The maximum Gasteiger partial charge on any atom is 0.256 e. The zero-order chi connectivity index (χ0) is 24.9. The molecule has 2 aromatic carbocycles. The van der Waals surface area contributed by atoms with E-state index < -0.39 is 0 Å². The van der Waals surface area contributed by atoms with Crippen molar-refractivity contribution in [2.24, 2.45) is 4.99 Å². The first-order chi connectivity index (χ1) is 17.6. The molecular formula is C30H42N4O2. The summed E-state index contributed by atoms with van der Waals surface area (Å²) in [6, 6.07) is 8.48. The van der Waals surface area contributed by atoms with Gasteiger partial charge >= 0.3 is 0 Å². The number of aryl methyl sites for hydroxylation is 1. The number of fused-ring (bicyclic) bond motifs is 3. The van der Waals surface area contributed by atoms with E-state index in [9.17, 15) is 4.79 Å². The molecule has 6 nitrogen and oxygen atoms in total. The first-order valence-electron chi connectivity index (χ1n) is 14.1. The molecular weight excluding hydrogens is 448 g/mol. The molecule has 0 radical (unpaired) electrons. The summed E-state index contributed by atoms with van der Waals surface area (Å²) in [4.78, 5) is 24.9. The summed E-state index contributed by atoms with van der Waals surface area (Å²) in [5.74, 6) is 1.06. The highest BCUT2D eigenvalue weighted by molar-refractivity contribution is 6.06. The summed E-state index contributed by atoms with van der Waals surface area (Å²) in [7, 11) is 0. The van der Waals surface area contributed by atoms with Gasteiger partial charge in [-0.1, -0.05) is 26.2 Å². The monoisotopic (exact) mass is 490 g/mol. The van der Waals surface area contributed by atoms with Gasteiger partial charge in [-0.25, -0.2) is 0 Å². The number of piperazine rings is 1. The predicted octanol–water partition coefficient (Wildman–Crippen LogP) is 5.44. The molecule has 0 unspecified atom stereocenters. The van der Waals surface area contributed by atoms with Crippen LogP contribution in [0.15, 0.2) is 29.3 Å². The Kier molecular flexibility index (Phi) is 8.22. The summed E-state index contributed by atoms with van der Waals surface area (Å²) in [6.45, 7) is 13.3. The van der Waals surface area contributed by atoms with Gasteiger partial charge in [0, 0.05) is 38.9 Å². The van der Waals surface area contributed by atoms with Gasteiger partial charge < -0.3 is 19.4 Å². The molecule has 6 heteroatoms. The van der Waals surface area contributed by atoms with Crippen LogP contribution in [0.25, 0.3) is 10.8 Å². The fourth-order valence-electron chi connectivity index (χ4n) is 5.86. The summed E-state index contributed by atoms with van der Waals surface area (Å²) in [5.41, 5.74) is 2.62. The normalized spacial score (nSPS) is 20.6. The zero-order valence-electron chi connectivity index (χ0n) is 22.2. The van der Waals surface area contributed by atoms with Gasteiger partial charge in [0.25, 0.3) is 5.91 Å². The van der Waals surface area contributed by atoms with Gasteiger partial charge in [-0.15, -0.1) is 0 Å². The molecule has 2 saturated heterocycles. The Morgan fingerprint density at radius 2 is 1.67 bits per heavy atom. The molecule has 3 aliphatic rings. The van der Waals surface area contributed by atoms with Crippen molar-refractivity contribution in [3.8, 4) is 5.75 Å². The van der Waals surface area contributed by atoms with Crippen LogP contribution in [0.1, 0.15) is 67.8 Å². The number of rotatable bonds is 10. The van der Waals surface area contributed by atoms with Gasteiger partial charge in [0.15, 0.2) is 0 Å². The second-order valence-electron chi connectivity index (χ2n) is 10.7. The fourth-order valence-corrected chi connectivity index (χ4v) is 5.86. The number of likely N-dealkylation sites (N-methyl/N-ethyl adjacent to an activating group) is 1. The molecule has 3 aliphatic heterocycles. The highest BCUT2D eigenvalue weighted by Crippen LogP contribution is 2.34. The standard InChI is InChI=1S/C30H42N4O2/c1-3-32-13-15-33(16-14-32)11-7-5-4-6-8-17-36-29-21-25-20-28-27(19-24(25)18-23(29)2)30(35)34-12-9-10-26(34)22-31-28/h18-22,26H,3-17H2,1-2H3/t26-/m0/s1. The second kappa shape index (κ2) is 11.7. The predicted molar refractivity (Wildman–Crippen MR) is 148 cm³/mol. The van der Waals surface area contributed by atoms with Crippen molar-refractivity contribution < 1.29 is 9.53 Å². The maximum atomic E-state index is 13.1. The number of hydrogen-bond acceptors (Lipinski definition) is 5. The van der Waals surface area contributed by atoms with Crippen molar-refractivity contribution in [1.29, 1.82) is 0 Å². The van der Waals surface area contributed by atoms with E-state index in [1.807, 2.05) is 17.2 Å². The van der Waals surface area contributed by atoms with E-state index in [1.165, 1.54) is 65.0 Å². The first kappa shape index (κ1) is 25.2. The minimum absolute atomic E-state index is 0.115. The number of nitrogens with zero attached hydrogens (tertiary/aromatic N) is 4. The zero-order valence-corrected chi connectivity index (χ0v) is 22.2. The average molecular weight is 491 g/mol. The lowest BCUT2D eigenvalue weighted by molar-refractivity contribution is 0.0775. The van der Waals surface area contributed by atoms with Crippen LogP contribution in [0.2, 0.25) is 0 Å². The smallest absolute Gasteiger partial charge is 0.256 e. The van der Waals surface area contributed by atoms with Crippen LogP contribution < -0.4 is 4.74 Å². The Labute approximate surface area is 216 Å². The first-order valence-corrected chi connectivity index (χ1v) is 14.1. The molecule has 1 atom stereocenters. The van der Waals surface area contributed by atoms with E-state index in [0.717, 1.165) is 65.8 Å². The fraction of sp³-hybridized carbons (Fsp3) is 0.600. The van der Waals surface area contributed by atoms with Crippen molar-refractivity contribution in [1.82, 2.24) is 14.7 Å². The minimum Gasteiger partial charge on any atom is -0.493 e. The van der Waals surface area contributed by atoms with Gasteiger partial charge in [-0.2, -0.15) is 0 Å². The van der Waals surface area contributed by atoms with Crippen LogP contribution in [-0.4, -0.2) is 85.3 Å². The maximum absolute atomic E-state index is 13.1. The molecule has 5 rings (SSSR count). The van der Waals surface area contributed by atoms with E-state index >= 15 is 0 Å². The Hall–Kier alpha value is -2.44. The molecule has 1 amide bonds. The summed E-state index contributed by atoms with van der Waals surface area (Å²) in [6.07, 6.45) is 10.2. The molecule has 0 bridgehead atoms. The molecule has 0 N–H and O–H groups in total. The third kappa shape index (κ3) is 5.76. The van der Waals surface area contributed by atoms with Crippen LogP contribution >= 0.6 is 0 Å². The van der Waals surface area contributed by atoms with Crippen LogP contribution in [0.5, 0.6) is 5.75 Å². The Bertz CT molecular complexity index is 1090. The van der Waals surface area contributed by atoms with E-state index in [-0.39, 0.29) is 11.9 Å². The molecule has 0 aromatic heterocycles. The van der Waals surface area contributed by atoms with E-state index in [2.05, 4.69) is 41.8 Å². The number of amides is 1. The van der Waals surface area contributed by atoms with Gasteiger partial charge in [0.05, 0.1) is 23.9 Å². The Morgan fingerprint density at radius 1 is 0.917 bits per heavy atom. The molecule has 36 heavy (non-hydrogen) atoms. The largest absolute Gasteiger partial charge is 0.493 e. The highest BCUT2D eigenvalue weighted by Gasteiger charge is 2.31. The molecule has 194 valence electrons. The van der Waals surface area contributed by atoms with Crippen molar-refractivity contribution in [2.45, 2.75) is 64.8 Å². The molecule has 2 fully saturated rings. The number of hydrogen-bond donors (Lipinski definition) is 0. The van der Waals surface area contributed by atoms with Crippen molar-refractivity contribution in [3.05, 3.63) is 35.4 Å². The topological polar surface area (TPSA) is 48.4 Å². The van der Waals surface area contributed by atoms with Crippen LogP contribution in [0.3, 0.4) is 0 Å². The third-order valence-corrected chi connectivity index (χ3v) is 8.21. The lowest BCUT2D eigenvalue weighted by Gasteiger charge is -2.33. The van der Waals surface area contributed by atoms with E-state index in [0.29, 0.717) is 0 Å². The van der Waals surface area contributed by atoms with Crippen molar-refractivity contribution >= 4 is 28.6 Å². The molecule has 0 saturated carbocycles. The van der Waals surface area contributed by atoms with Crippen LogP contribution in [0, 0.1) is 6.92 Å². The number of unbranched alkanes of at least 4 members (excludes halogenated alkanes) is 4. The molecule has 0 spiro atoms. The van der Waals surface area contributed by atoms with Gasteiger partial charge in [-0.05, 0) is 86.3 Å². The number of carbonyl (C=O) groups excluding carboxylic acids is 1. The average Bonchev–Trinajstić information content (AvgIpc) is 3.33. The Morgan fingerprint density at radius 3 is 2.50 bits per heavy atom. The Balaban J connectivity index is 1.08. The highest BCUT2D eigenvalue weighted by atomic mass is 16.5. The lowest BCUT2D eigenvalue weighted by atomic mass is 10.0. The summed E-state index contributed by atoms with van der Waals surface area (Å²) in [5, 5.41) is 2.16. The SMILES string of the molecule is CCN1CCN(CCCCCCCOc2cc3cc4c(cc3cc2C)C(=O)N2CCC[C@H]2C=N4)CC1. The summed E-state index contributed by atoms with van der Waals surface area (Å²) < 4.78 is 6.19. The minimum atomic E-state index is 0.115. The quantitative estimate of drug-likeness (QED) is 0.417. The molecule has 0 aliphatic carbocycles. The number of carbonyl (C=O) groups is 1. The van der Waals surface area contributed by atoms with E-state index in [4.69, 9.17) is 9.73 Å². The van der Waals surface area contributed by atoms with Crippen LogP contribution in [-0.2, 0) is 0 Å². The number of benzene rings is 2. The third-order valence-electron chi connectivity index (χ3n) is 8.21. The lowest BCUT2D eigenvalue weighted by Crippen LogP contribution is -2.46. The van der Waals surface area contributed by atoms with Crippen molar-refractivity contribution in [3.63, 3.8) is 0 Å². The van der Waals surface area contributed by atoms with Gasteiger partial charge in [-0.3, -0.25) is 9.79 Å². The number of aliphatic imine (C=N–C) groups is 1. The van der Waals surface area contributed by atoms with E-state index in [1.54, 1.807) is 0 Å². The molecule has 2 aromatic rings. The summed E-state index contributed by atoms with van der Waals surface area (Å²) >= 11 is 0. The van der Waals surface area contributed by atoms with Crippen LogP contribution in [0.4, 0.5) is 5.69 Å². The number of ether oxygens (including phenoxy) is 1. The van der Waals surface area contributed by atoms with Gasteiger partial charge in [0.1, 0.15) is 5.75 Å². The second-order valence-corrected chi connectivity index (χ2v) is 10.7. The van der Waals surface area contributed by atoms with Crippen molar-refractivity contribution in [2.75, 3.05) is 52.4 Å².